The SMILES string of the molecule is CNC(=O)C(C)Nc1cnc(C(N)=S)cn1. The van der Waals surface area contributed by atoms with Crippen LogP contribution in [0, 0.1) is 0 Å². The predicted molar refractivity (Wildman–Crippen MR) is 65.1 cm³/mol. The number of nitrogens with one attached hydrogen (secondary N) is 2. The van der Waals surface area contributed by atoms with Gasteiger partial charge < -0.3 is 16.4 Å². The first-order valence-corrected chi connectivity index (χ1v) is 5.05. The molecule has 0 radical (unpaired) electrons. The molecule has 0 aromatic carbocycles. The molecule has 1 amide bonds. The number of rotatable bonds is 4. The Morgan fingerprint density at radius 3 is 2.62 bits per heavy atom. The van der Waals surface area contributed by atoms with Crippen LogP contribution in [0.5, 0.6) is 0 Å². The van der Waals surface area contributed by atoms with E-state index in [1.54, 1.807) is 14.0 Å². The standard InChI is InChI=1S/C9H13N5OS/c1-5(9(15)11-2)14-7-4-12-6(3-13-7)8(10)16/h3-5H,1-2H3,(H2,10,16)(H,11,15)(H,13,14). The molecule has 0 saturated heterocycles. The molecular formula is C9H13N5OS. The number of likely N-dealkylation sites (N-methyl/N-ethyl adjacent to an activating group) is 1. The van der Waals surface area contributed by atoms with E-state index in [0.29, 0.717) is 11.5 Å². The van der Waals surface area contributed by atoms with Gasteiger partial charge in [-0.15, -0.1) is 0 Å². The lowest BCUT2D eigenvalue weighted by Crippen LogP contribution is -2.35. The van der Waals surface area contributed by atoms with Gasteiger partial charge in [0, 0.05) is 7.05 Å². The average Bonchev–Trinajstić information content (AvgIpc) is 2.28. The predicted octanol–water partition coefficient (Wildman–Crippen LogP) is -0.343. The second-order valence-corrected chi connectivity index (χ2v) is 3.57. The molecule has 1 heterocycles. The molecule has 1 rings (SSSR count). The van der Waals surface area contributed by atoms with Gasteiger partial charge in [0.05, 0.1) is 12.4 Å². The largest absolute Gasteiger partial charge is 0.388 e. The first kappa shape index (κ1) is 12.3. The zero-order valence-corrected chi connectivity index (χ0v) is 9.84. The molecule has 6 nitrogen and oxygen atoms in total. The van der Waals surface area contributed by atoms with Crippen LogP contribution in [0.25, 0.3) is 0 Å². The van der Waals surface area contributed by atoms with Crippen LogP contribution in [0.4, 0.5) is 5.82 Å². The van der Waals surface area contributed by atoms with Crippen molar-refractivity contribution in [2.24, 2.45) is 5.73 Å². The van der Waals surface area contributed by atoms with Crippen molar-refractivity contribution >= 4 is 28.9 Å². The maximum atomic E-state index is 11.2. The van der Waals surface area contributed by atoms with E-state index in [0.717, 1.165) is 0 Å². The van der Waals surface area contributed by atoms with Crippen LogP contribution < -0.4 is 16.4 Å². The third-order valence-electron chi connectivity index (χ3n) is 1.91. The summed E-state index contributed by atoms with van der Waals surface area (Å²) in [5, 5.41) is 5.41. The number of carbonyl (C=O) groups excluding carboxylic acids is 1. The molecule has 1 aromatic heterocycles. The summed E-state index contributed by atoms with van der Waals surface area (Å²) in [6, 6.07) is -0.380. The van der Waals surface area contributed by atoms with Crippen molar-refractivity contribution in [3.05, 3.63) is 18.1 Å². The maximum absolute atomic E-state index is 11.2. The molecule has 0 aliphatic rings. The number of hydrogen-bond acceptors (Lipinski definition) is 5. The topological polar surface area (TPSA) is 92.9 Å². The number of nitrogens with zero attached hydrogens (tertiary/aromatic N) is 2. The van der Waals surface area contributed by atoms with Crippen LogP contribution in [-0.2, 0) is 4.79 Å². The van der Waals surface area contributed by atoms with Crippen molar-refractivity contribution in [2.75, 3.05) is 12.4 Å². The second-order valence-electron chi connectivity index (χ2n) is 3.13. The minimum Gasteiger partial charge on any atom is -0.388 e. The van der Waals surface area contributed by atoms with Crippen LogP contribution in [0.1, 0.15) is 12.6 Å². The van der Waals surface area contributed by atoms with Crippen molar-refractivity contribution < 1.29 is 4.79 Å². The van der Waals surface area contributed by atoms with E-state index < -0.39 is 0 Å². The summed E-state index contributed by atoms with van der Waals surface area (Å²) in [5.74, 6) is 0.372. The molecule has 0 spiro atoms. The number of carbonyl (C=O) groups is 1. The molecule has 0 aliphatic carbocycles. The quantitative estimate of drug-likeness (QED) is 0.622. The maximum Gasteiger partial charge on any atom is 0.241 e. The van der Waals surface area contributed by atoms with Gasteiger partial charge in [-0.1, -0.05) is 12.2 Å². The van der Waals surface area contributed by atoms with Gasteiger partial charge in [0.15, 0.2) is 0 Å². The van der Waals surface area contributed by atoms with Gasteiger partial charge in [-0.25, -0.2) is 9.97 Å². The summed E-state index contributed by atoms with van der Waals surface area (Å²) in [7, 11) is 1.57. The lowest BCUT2D eigenvalue weighted by Gasteiger charge is -2.12. The number of anilines is 1. The van der Waals surface area contributed by atoms with Crippen molar-refractivity contribution in [3.63, 3.8) is 0 Å². The summed E-state index contributed by atoms with van der Waals surface area (Å²) in [6.07, 6.45) is 2.94. The molecule has 1 aromatic rings. The monoisotopic (exact) mass is 239 g/mol. The Morgan fingerprint density at radius 2 is 2.19 bits per heavy atom. The fourth-order valence-electron chi connectivity index (χ4n) is 1.03. The number of amides is 1. The molecule has 7 heteroatoms. The molecule has 86 valence electrons. The summed E-state index contributed by atoms with van der Waals surface area (Å²) < 4.78 is 0. The molecule has 1 unspecified atom stereocenters. The zero-order valence-electron chi connectivity index (χ0n) is 9.02. The van der Waals surface area contributed by atoms with Crippen LogP contribution in [-0.4, -0.2) is 34.0 Å². The summed E-state index contributed by atoms with van der Waals surface area (Å²) in [6.45, 7) is 1.72. The molecule has 16 heavy (non-hydrogen) atoms. The average molecular weight is 239 g/mol. The molecular weight excluding hydrogens is 226 g/mol. The second kappa shape index (κ2) is 5.36. The summed E-state index contributed by atoms with van der Waals surface area (Å²) >= 11 is 4.74. The molecule has 0 fully saturated rings. The van der Waals surface area contributed by atoms with Crippen molar-refractivity contribution in [1.29, 1.82) is 0 Å². The van der Waals surface area contributed by atoms with Crippen LogP contribution in [0.2, 0.25) is 0 Å². The fraction of sp³-hybridized carbons (Fsp3) is 0.333. The Morgan fingerprint density at radius 1 is 1.50 bits per heavy atom. The number of aromatic nitrogens is 2. The van der Waals surface area contributed by atoms with Crippen LogP contribution in [0.3, 0.4) is 0 Å². The lowest BCUT2D eigenvalue weighted by atomic mass is 10.3. The minimum absolute atomic E-state index is 0.125. The lowest BCUT2D eigenvalue weighted by molar-refractivity contribution is -0.121. The third kappa shape index (κ3) is 3.13. The number of hydrogen-bond donors (Lipinski definition) is 3. The smallest absolute Gasteiger partial charge is 0.241 e. The number of nitrogens with two attached hydrogens (primary N) is 1. The van der Waals surface area contributed by atoms with Gasteiger partial charge in [0.1, 0.15) is 22.5 Å². The van der Waals surface area contributed by atoms with Gasteiger partial charge in [-0.3, -0.25) is 4.79 Å². The first-order chi connectivity index (χ1) is 7.54. The zero-order chi connectivity index (χ0) is 12.1. The Balaban J connectivity index is 2.68. The molecule has 0 saturated carbocycles. The highest BCUT2D eigenvalue weighted by Crippen LogP contribution is 2.03. The van der Waals surface area contributed by atoms with Gasteiger partial charge in [0.25, 0.3) is 0 Å². The van der Waals surface area contributed by atoms with Crippen molar-refractivity contribution in [2.45, 2.75) is 13.0 Å². The Kier molecular flexibility index (Phi) is 4.12. The Labute approximate surface area is 98.7 Å². The molecule has 4 N–H and O–H groups in total. The van der Waals surface area contributed by atoms with Crippen molar-refractivity contribution in [1.82, 2.24) is 15.3 Å². The van der Waals surface area contributed by atoms with E-state index in [-0.39, 0.29) is 16.9 Å². The van der Waals surface area contributed by atoms with Gasteiger partial charge >= 0.3 is 0 Å². The Hall–Kier alpha value is -1.76. The van der Waals surface area contributed by atoms with Gasteiger partial charge in [-0.2, -0.15) is 0 Å². The van der Waals surface area contributed by atoms with E-state index in [2.05, 4.69) is 20.6 Å². The van der Waals surface area contributed by atoms with E-state index in [1.165, 1.54) is 12.4 Å². The highest BCUT2D eigenvalue weighted by Gasteiger charge is 2.11. The van der Waals surface area contributed by atoms with Gasteiger partial charge in [0.2, 0.25) is 5.91 Å². The minimum atomic E-state index is -0.380. The van der Waals surface area contributed by atoms with Crippen molar-refractivity contribution in [3.8, 4) is 0 Å². The molecule has 0 aliphatic heterocycles. The highest BCUT2D eigenvalue weighted by molar-refractivity contribution is 7.80. The fourth-order valence-corrected chi connectivity index (χ4v) is 1.14. The molecule has 1 atom stereocenters. The van der Waals surface area contributed by atoms with Gasteiger partial charge in [-0.05, 0) is 6.92 Å². The summed E-state index contributed by atoms with van der Waals surface area (Å²) in [4.78, 5) is 19.5. The van der Waals surface area contributed by atoms with E-state index >= 15 is 0 Å². The van der Waals surface area contributed by atoms with E-state index in [9.17, 15) is 4.79 Å². The van der Waals surface area contributed by atoms with E-state index in [1.807, 2.05) is 0 Å². The number of thiocarbonyl (C=S) groups is 1. The third-order valence-corrected chi connectivity index (χ3v) is 2.12. The first-order valence-electron chi connectivity index (χ1n) is 4.64. The van der Waals surface area contributed by atoms with E-state index in [4.69, 9.17) is 18.0 Å². The highest BCUT2D eigenvalue weighted by atomic mass is 32.1. The van der Waals surface area contributed by atoms with Crippen LogP contribution in [0.15, 0.2) is 12.4 Å². The normalized spacial score (nSPS) is 11.6. The molecule has 0 bridgehead atoms. The Bertz CT molecular complexity index is 391. The summed E-state index contributed by atoms with van der Waals surface area (Å²) in [5.41, 5.74) is 5.83. The van der Waals surface area contributed by atoms with Crippen LogP contribution >= 0.6 is 12.2 Å².